The summed E-state index contributed by atoms with van der Waals surface area (Å²) in [4.78, 5) is 12.7. The van der Waals surface area contributed by atoms with Gasteiger partial charge in [0.15, 0.2) is 0 Å². The molecule has 0 fully saturated rings. The maximum atomic E-state index is 12.7. The Kier molecular flexibility index (Phi) is 3.75. The van der Waals surface area contributed by atoms with Gasteiger partial charge in [-0.15, -0.1) is 0 Å². The van der Waals surface area contributed by atoms with E-state index in [1.807, 2.05) is 20.8 Å². The third-order valence-corrected chi connectivity index (χ3v) is 3.66. The highest BCUT2D eigenvalue weighted by molar-refractivity contribution is 9.10. The standard InChI is InChI=1S/C14H16BrN3O/c1-8(2)18-13(11(15)7-17-18)14(19)10-5-4-6-12(16)9(10)3/h4-8H,16H2,1-3H3. The van der Waals surface area contributed by atoms with Crippen molar-refractivity contribution in [3.8, 4) is 0 Å². The van der Waals surface area contributed by atoms with Crippen LogP contribution in [-0.2, 0) is 0 Å². The van der Waals surface area contributed by atoms with Crippen LogP contribution in [-0.4, -0.2) is 15.6 Å². The van der Waals surface area contributed by atoms with Gasteiger partial charge < -0.3 is 5.73 Å². The van der Waals surface area contributed by atoms with Crippen LogP contribution in [0, 0.1) is 6.92 Å². The van der Waals surface area contributed by atoms with E-state index in [0.717, 1.165) is 5.56 Å². The van der Waals surface area contributed by atoms with E-state index >= 15 is 0 Å². The zero-order chi connectivity index (χ0) is 14.2. The molecule has 0 saturated carbocycles. The molecule has 0 radical (unpaired) electrons. The number of benzene rings is 1. The van der Waals surface area contributed by atoms with Gasteiger partial charge in [0.2, 0.25) is 5.78 Å². The first-order valence-electron chi connectivity index (χ1n) is 6.06. The molecule has 0 aliphatic heterocycles. The largest absolute Gasteiger partial charge is 0.398 e. The average Bonchev–Trinajstić information content (AvgIpc) is 2.74. The summed E-state index contributed by atoms with van der Waals surface area (Å²) in [7, 11) is 0. The number of nitrogen functional groups attached to an aromatic ring is 1. The normalized spacial score (nSPS) is 11.0. The van der Waals surface area contributed by atoms with E-state index in [0.29, 0.717) is 21.4 Å². The minimum absolute atomic E-state index is 0.0668. The second kappa shape index (κ2) is 5.17. The monoisotopic (exact) mass is 321 g/mol. The second-order valence-electron chi connectivity index (χ2n) is 4.73. The summed E-state index contributed by atoms with van der Waals surface area (Å²) in [5, 5.41) is 4.23. The van der Waals surface area contributed by atoms with E-state index in [1.165, 1.54) is 0 Å². The van der Waals surface area contributed by atoms with Crippen LogP contribution >= 0.6 is 15.9 Å². The van der Waals surface area contributed by atoms with E-state index in [-0.39, 0.29) is 11.8 Å². The van der Waals surface area contributed by atoms with Gasteiger partial charge in [0.1, 0.15) is 5.69 Å². The maximum Gasteiger partial charge on any atom is 0.212 e. The Morgan fingerprint density at radius 2 is 2.11 bits per heavy atom. The Hall–Kier alpha value is -1.62. The summed E-state index contributed by atoms with van der Waals surface area (Å²) < 4.78 is 2.42. The van der Waals surface area contributed by atoms with Crippen LogP contribution in [0.3, 0.4) is 0 Å². The number of carbonyl (C=O) groups excluding carboxylic acids is 1. The van der Waals surface area contributed by atoms with Crippen LogP contribution < -0.4 is 5.73 Å². The van der Waals surface area contributed by atoms with E-state index in [2.05, 4.69) is 21.0 Å². The first-order valence-corrected chi connectivity index (χ1v) is 6.85. The highest BCUT2D eigenvalue weighted by atomic mass is 79.9. The van der Waals surface area contributed by atoms with E-state index < -0.39 is 0 Å². The average molecular weight is 322 g/mol. The lowest BCUT2D eigenvalue weighted by Gasteiger charge is -2.12. The fourth-order valence-electron chi connectivity index (χ4n) is 1.97. The van der Waals surface area contributed by atoms with Crippen molar-refractivity contribution < 1.29 is 4.79 Å². The van der Waals surface area contributed by atoms with Crippen LogP contribution in [0.4, 0.5) is 5.69 Å². The molecule has 0 atom stereocenters. The minimum atomic E-state index is -0.0668. The van der Waals surface area contributed by atoms with E-state index in [1.54, 1.807) is 29.1 Å². The van der Waals surface area contributed by atoms with Crippen LogP contribution in [0.25, 0.3) is 0 Å². The Labute approximate surface area is 120 Å². The van der Waals surface area contributed by atoms with Crippen LogP contribution in [0.2, 0.25) is 0 Å². The Balaban J connectivity index is 2.56. The summed E-state index contributed by atoms with van der Waals surface area (Å²) in [5.41, 5.74) is 8.46. The van der Waals surface area contributed by atoms with Gasteiger partial charge in [0, 0.05) is 17.3 Å². The molecule has 1 aromatic heterocycles. The van der Waals surface area contributed by atoms with Gasteiger partial charge in [-0.1, -0.05) is 12.1 Å². The molecule has 2 N–H and O–H groups in total. The summed E-state index contributed by atoms with van der Waals surface area (Å²) in [6.07, 6.45) is 1.65. The molecular formula is C14H16BrN3O. The van der Waals surface area contributed by atoms with Crippen LogP contribution in [0.1, 0.15) is 41.5 Å². The molecule has 0 spiro atoms. The molecule has 0 amide bonds. The first-order chi connectivity index (χ1) is 8.93. The van der Waals surface area contributed by atoms with Gasteiger partial charge in [-0.25, -0.2) is 0 Å². The van der Waals surface area contributed by atoms with Gasteiger partial charge in [0.25, 0.3) is 0 Å². The number of ketones is 1. The smallest absolute Gasteiger partial charge is 0.212 e. The van der Waals surface area contributed by atoms with Crippen molar-refractivity contribution in [1.82, 2.24) is 9.78 Å². The van der Waals surface area contributed by atoms with Crippen molar-refractivity contribution in [2.45, 2.75) is 26.8 Å². The third-order valence-electron chi connectivity index (χ3n) is 3.08. The van der Waals surface area contributed by atoms with Crippen molar-refractivity contribution in [3.63, 3.8) is 0 Å². The Morgan fingerprint density at radius 1 is 1.42 bits per heavy atom. The lowest BCUT2D eigenvalue weighted by atomic mass is 10.0. The predicted octanol–water partition coefficient (Wildman–Crippen LogP) is 3.35. The number of hydrogen-bond donors (Lipinski definition) is 1. The Bertz CT molecular complexity index is 632. The van der Waals surface area contributed by atoms with Crippen molar-refractivity contribution in [3.05, 3.63) is 45.7 Å². The van der Waals surface area contributed by atoms with Gasteiger partial charge in [0.05, 0.1) is 10.7 Å². The number of carbonyl (C=O) groups is 1. The fraction of sp³-hybridized carbons (Fsp3) is 0.286. The molecule has 19 heavy (non-hydrogen) atoms. The number of halogens is 1. The zero-order valence-corrected chi connectivity index (χ0v) is 12.7. The highest BCUT2D eigenvalue weighted by Crippen LogP contribution is 2.25. The van der Waals surface area contributed by atoms with E-state index in [4.69, 9.17) is 5.73 Å². The summed E-state index contributed by atoms with van der Waals surface area (Å²) in [6, 6.07) is 5.49. The molecular weight excluding hydrogens is 306 g/mol. The third kappa shape index (κ3) is 2.42. The maximum absolute atomic E-state index is 12.7. The van der Waals surface area contributed by atoms with Crippen LogP contribution in [0.5, 0.6) is 0 Å². The van der Waals surface area contributed by atoms with Gasteiger partial charge in [-0.2, -0.15) is 5.10 Å². The Morgan fingerprint density at radius 3 is 2.74 bits per heavy atom. The summed E-state index contributed by atoms with van der Waals surface area (Å²) >= 11 is 3.39. The van der Waals surface area contributed by atoms with Gasteiger partial charge >= 0.3 is 0 Å². The predicted molar refractivity (Wildman–Crippen MR) is 79.3 cm³/mol. The summed E-state index contributed by atoms with van der Waals surface area (Å²) in [6.45, 7) is 5.83. The number of hydrogen-bond acceptors (Lipinski definition) is 3. The van der Waals surface area contributed by atoms with Crippen molar-refractivity contribution in [1.29, 1.82) is 0 Å². The SMILES string of the molecule is Cc1c(N)cccc1C(=O)c1c(Br)cnn1C(C)C. The molecule has 1 aromatic carbocycles. The number of aromatic nitrogens is 2. The molecule has 0 saturated heterocycles. The van der Waals surface area contributed by atoms with Gasteiger partial charge in [-0.3, -0.25) is 9.48 Å². The van der Waals surface area contributed by atoms with Crippen molar-refractivity contribution in [2.24, 2.45) is 0 Å². The zero-order valence-electron chi connectivity index (χ0n) is 11.1. The lowest BCUT2D eigenvalue weighted by molar-refractivity contribution is 0.102. The number of nitrogens with two attached hydrogens (primary N) is 1. The molecule has 1 heterocycles. The minimum Gasteiger partial charge on any atom is -0.398 e. The molecule has 2 aromatic rings. The molecule has 0 unspecified atom stereocenters. The number of nitrogens with zero attached hydrogens (tertiary/aromatic N) is 2. The quantitative estimate of drug-likeness (QED) is 0.696. The molecule has 0 bridgehead atoms. The topological polar surface area (TPSA) is 60.9 Å². The van der Waals surface area contributed by atoms with Crippen LogP contribution in [0.15, 0.2) is 28.9 Å². The van der Waals surface area contributed by atoms with Crippen molar-refractivity contribution in [2.75, 3.05) is 5.73 Å². The lowest BCUT2D eigenvalue weighted by Crippen LogP contribution is -2.15. The van der Waals surface area contributed by atoms with Gasteiger partial charge in [-0.05, 0) is 48.3 Å². The molecule has 5 heteroatoms. The number of rotatable bonds is 3. The summed E-state index contributed by atoms with van der Waals surface area (Å²) in [5.74, 6) is -0.0668. The highest BCUT2D eigenvalue weighted by Gasteiger charge is 2.22. The fourth-order valence-corrected chi connectivity index (χ4v) is 2.43. The molecule has 4 nitrogen and oxygen atoms in total. The molecule has 100 valence electrons. The first kappa shape index (κ1) is 13.8. The van der Waals surface area contributed by atoms with Crippen molar-refractivity contribution >= 4 is 27.4 Å². The molecule has 0 aliphatic carbocycles. The molecule has 2 rings (SSSR count). The number of anilines is 1. The second-order valence-corrected chi connectivity index (χ2v) is 5.58. The molecule has 0 aliphatic rings. The van der Waals surface area contributed by atoms with E-state index in [9.17, 15) is 4.79 Å².